The van der Waals surface area contributed by atoms with Crippen LogP contribution in [0.15, 0.2) is 47.6 Å². The van der Waals surface area contributed by atoms with Crippen molar-refractivity contribution in [2.24, 2.45) is 0 Å². The van der Waals surface area contributed by atoms with Crippen LogP contribution in [0.5, 0.6) is 0 Å². The highest BCUT2D eigenvalue weighted by Crippen LogP contribution is 2.24. The van der Waals surface area contributed by atoms with Gasteiger partial charge in [0, 0.05) is 30.6 Å². The quantitative estimate of drug-likeness (QED) is 0.670. The number of benzene rings is 1. The van der Waals surface area contributed by atoms with Gasteiger partial charge < -0.3 is 0 Å². The molecule has 0 amide bonds. The van der Waals surface area contributed by atoms with E-state index < -0.39 is 14.9 Å². The average Bonchev–Trinajstić information content (AvgIpc) is 2.46. The summed E-state index contributed by atoms with van der Waals surface area (Å²) in [7, 11) is -3.83. The molecule has 1 N–H and O–H groups in total. The number of pyridine rings is 1. The third-order valence-electron chi connectivity index (χ3n) is 2.93. The summed E-state index contributed by atoms with van der Waals surface area (Å²) in [5.74, 6) is 0. The van der Waals surface area contributed by atoms with Crippen molar-refractivity contribution >= 4 is 15.7 Å². The van der Waals surface area contributed by atoms with Gasteiger partial charge >= 0.3 is 0 Å². The largest absolute Gasteiger partial charge is 0.273 e. The minimum Gasteiger partial charge on any atom is -0.264 e. The topological polar surface area (TPSA) is 102 Å². The smallest absolute Gasteiger partial charge is 0.264 e. The first-order chi connectivity index (χ1) is 9.92. The maximum Gasteiger partial charge on any atom is 0.273 e. The molecule has 0 aliphatic rings. The summed E-state index contributed by atoms with van der Waals surface area (Å²) in [6.07, 6.45) is 3.13. The second kappa shape index (κ2) is 5.98. The third kappa shape index (κ3) is 3.41. The fourth-order valence-electron chi connectivity index (χ4n) is 1.85. The molecule has 21 heavy (non-hydrogen) atoms. The molecule has 1 aromatic heterocycles. The van der Waals surface area contributed by atoms with E-state index in [1.54, 1.807) is 24.5 Å². The van der Waals surface area contributed by atoms with Crippen LogP contribution in [0.4, 0.5) is 5.69 Å². The summed E-state index contributed by atoms with van der Waals surface area (Å²) >= 11 is 0. The number of nitrogens with zero attached hydrogens (tertiary/aromatic N) is 2. The number of rotatable bonds is 5. The van der Waals surface area contributed by atoms with Gasteiger partial charge in [-0.05, 0) is 24.6 Å². The molecule has 0 saturated heterocycles. The van der Waals surface area contributed by atoms with E-state index in [2.05, 4.69) is 9.71 Å². The van der Waals surface area contributed by atoms with Gasteiger partial charge in [-0.3, -0.25) is 15.1 Å². The normalized spacial score (nSPS) is 11.3. The first-order valence-electron chi connectivity index (χ1n) is 6.04. The molecular weight excluding hydrogens is 294 g/mol. The molecule has 1 aromatic carbocycles. The predicted octanol–water partition coefficient (Wildman–Crippen LogP) is 1.78. The van der Waals surface area contributed by atoms with Gasteiger partial charge in [0.05, 0.1) is 9.82 Å². The summed E-state index contributed by atoms with van der Waals surface area (Å²) in [4.78, 5) is 14.1. The maximum atomic E-state index is 12.2. The molecule has 0 radical (unpaired) electrons. The van der Waals surface area contributed by atoms with Crippen LogP contribution >= 0.6 is 0 Å². The summed E-state index contributed by atoms with van der Waals surface area (Å²) in [6, 6.07) is 7.39. The first-order valence-corrected chi connectivity index (χ1v) is 7.53. The lowest BCUT2D eigenvalue weighted by molar-refractivity contribution is -0.385. The van der Waals surface area contributed by atoms with Gasteiger partial charge in [-0.25, -0.2) is 13.1 Å². The number of sulfonamides is 1. The fraction of sp³-hybridized carbons (Fsp3) is 0.154. The highest BCUT2D eigenvalue weighted by molar-refractivity contribution is 7.89. The van der Waals surface area contributed by atoms with Gasteiger partial charge in [0.15, 0.2) is 0 Å². The second-order valence-electron chi connectivity index (χ2n) is 4.34. The summed E-state index contributed by atoms with van der Waals surface area (Å²) in [5, 5.41) is 10.9. The van der Waals surface area contributed by atoms with Gasteiger partial charge in [-0.1, -0.05) is 12.1 Å². The highest BCUT2D eigenvalue weighted by atomic mass is 32.2. The highest BCUT2D eigenvalue weighted by Gasteiger charge is 2.22. The van der Waals surface area contributed by atoms with Crippen molar-refractivity contribution in [2.45, 2.75) is 18.4 Å². The molecule has 0 unspecified atom stereocenters. The molecule has 8 heteroatoms. The maximum absolute atomic E-state index is 12.2. The van der Waals surface area contributed by atoms with Gasteiger partial charge in [-0.2, -0.15) is 0 Å². The molecule has 0 spiro atoms. The monoisotopic (exact) mass is 307 g/mol. The fourth-order valence-corrected chi connectivity index (χ4v) is 3.13. The molecule has 0 bridgehead atoms. The van der Waals surface area contributed by atoms with E-state index in [0.29, 0.717) is 5.56 Å². The Hall–Kier alpha value is -2.32. The number of hydrogen-bond acceptors (Lipinski definition) is 5. The predicted molar refractivity (Wildman–Crippen MR) is 76.1 cm³/mol. The van der Waals surface area contributed by atoms with E-state index in [1.165, 1.54) is 25.1 Å². The van der Waals surface area contributed by atoms with Crippen LogP contribution in [0.25, 0.3) is 0 Å². The first kappa shape index (κ1) is 15.1. The number of hydrogen-bond donors (Lipinski definition) is 1. The minimum absolute atomic E-state index is 0.0678. The minimum atomic E-state index is -3.83. The Morgan fingerprint density at radius 1 is 1.29 bits per heavy atom. The molecular formula is C13H13N3O4S. The Labute approximate surface area is 121 Å². The van der Waals surface area contributed by atoms with Crippen molar-refractivity contribution in [3.63, 3.8) is 0 Å². The van der Waals surface area contributed by atoms with Gasteiger partial charge in [0.2, 0.25) is 10.0 Å². The van der Waals surface area contributed by atoms with Crippen molar-refractivity contribution in [1.29, 1.82) is 0 Å². The Morgan fingerprint density at radius 2 is 2.05 bits per heavy atom. The number of aromatic nitrogens is 1. The van der Waals surface area contributed by atoms with Crippen molar-refractivity contribution in [3.05, 3.63) is 64.0 Å². The second-order valence-corrected chi connectivity index (χ2v) is 6.08. The van der Waals surface area contributed by atoms with E-state index in [0.717, 1.165) is 0 Å². The van der Waals surface area contributed by atoms with Crippen LogP contribution in [-0.2, 0) is 16.6 Å². The molecule has 7 nitrogen and oxygen atoms in total. The zero-order valence-electron chi connectivity index (χ0n) is 11.2. The zero-order chi connectivity index (χ0) is 15.5. The van der Waals surface area contributed by atoms with E-state index in [4.69, 9.17) is 0 Å². The van der Waals surface area contributed by atoms with E-state index >= 15 is 0 Å². The number of nitrogens with one attached hydrogen (secondary N) is 1. The summed E-state index contributed by atoms with van der Waals surface area (Å²) in [6.45, 7) is 1.48. The van der Waals surface area contributed by atoms with Gasteiger partial charge in [-0.15, -0.1) is 0 Å². The molecule has 1 heterocycles. The van der Waals surface area contributed by atoms with Crippen LogP contribution < -0.4 is 4.72 Å². The van der Waals surface area contributed by atoms with Gasteiger partial charge in [0.25, 0.3) is 5.69 Å². The molecule has 0 fully saturated rings. The lowest BCUT2D eigenvalue weighted by atomic mass is 10.2. The lowest BCUT2D eigenvalue weighted by Gasteiger charge is -2.09. The van der Waals surface area contributed by atoms with Crippen LogP contribution in [0, 0.1) is 17.0 Å². The van der Waals surface area contributed by atoms with Crippen molar-refractivity contribution in [1.82, 2.24) is 9.71 Å². The van der Waals surface area contributed by atoms with Crippen LogP contribution in [0.2, 0.25) is 0 Å². The number of nitro benzene ring substituents is 1. The lowest BCUT2D eigenvalue weighted by Crippen LogP contribution is -2.24. The van der Waals surface area contributed by atoms with Gasteiger partial charge in [0.1, 0.15) is 0 Å². The van der Waals surface area contributed by atoms with Crippen LogP contribution in [0.3, 0.4) is 0 Å². The average molecular weight is 307 g/mol. The number of nitro groups is 1. The standard InChI is InChI=1S/C13H13N3O4S/c1-10-12(16(17)18)5-2-6-13(10)21(19,20)15-9-11-4-3-7-14-8-11/h2-8,15H,9H2,1H3. The third-order valence-corrected chi connectivity index (χ3v) is 4.48. The molecule has 2 aromatic rings. The molecule has 110 valence electrons. The Bertz CT molecular complexity index is 760. The Balaban J connectivity index is 2.28. The van der Waals surface area contributed by atoms with Crippen molar-refractivity contribution in [2.75, 3.05) is 0 Å². The molecule has 0 saturated carbocycles. The van der Waals surface area contributed by atoms with E-state index in [-0.39, 0.29) is 22.7 Å². The molecule has 2 rings (SSSR count). The summed E-state index contributed by atoms with van der Waals surface area (Å²) < 4.78 is 26.9. The van der Waals surface area contributed by atoms with E-state index in [1.807, 2.05) is 0 Å². The SMILES string of the molecule is Cc1c([N+](=O)[O-])cccc1S(=O)(=O)NCc1cccnc1. The Morgan fingerprint density at radius 3 is 2.67 bits per heavy atom. The Kier molecular flexibility index (Phi) is 4.29. The van der Waals surface area contributed by atoms with Crippen molar-refractivity contribution in [3.8, 4) is 0 Å². The molecule has 0 atom stereocenters. The summed E-state index contributed by atoms with van der Waals surface area (Å²) in [5.41, 5.74) is 0.588. The van der Waals surface area contributed by atoms with E-state index in [9.17, 15) is 18.5 Å². The van der Waals surface area contributed by atoms with Crippen LogP contribution in [-0.4, -0.2) is 18.3 Å². The molecule has 0 aliphatic heterocycles. The zero-order valence-corrected chi connectivity index (χ0v) is 12.0. The van der Waals surface area contributed by atoms with Crippen molar-refractivity contribution < 1.29 is 13.3 Å². The van der Waals surface area contributed by atoms with Crippen LogP contribution in [0.1, 0.15) is 11.1 Å². The molecule has 0 aliphatic carbocycles.